The second-order valence-electron chi connectivity index (χ2n) is 4.46. The van der Waals surface area contributed by atoms with Gasteiger partial charge in [-0.15, -0.1) is 0 Å². The molecule has 3 nitrogen and oxygen atoms in total. The zero-order chi connectivity index (χ0) is 15.4. The van der Waals surface area contributed by atoms with Crippen molar-refractivity contribution >= 4 is 23.2 Å². The molecule has 0 amide bonds. The molecule has 1 N–H and O–H groups in total. The SMILES string of the molecule is CNC(c1cc(OC)ccc1OC)c1c(Cl)cccc1Cl. The fourth-order valence-corrected chi connectivity index (χ4v) is 2.92. The smallest absolute Gasteiger partial charge is 0.124 e. The number of halogens is 2. The molecule has 0 spiro atoms. The first-order chi connectivity index (χ1) is 10.1. The summed E-state index contributed by atoms with van der Waals surface area (Å²) in [7, 11) is 5.11. The fourth-order valence-electron chi connectivity index (χ4n) is 2.31. The Bertz CT molecular complexity index is 611. The van der Waals surface area contributed by atoms with Crippen molar-refractivity contribution < 1.29 is 9.47 Å². The number of methoxy groups -OCH3 is 2. The van der Waals surface area contributed by atoms with Gasteiger partial charge in [0.2, 0.25) is 0 Å². The Labute approximate surface area is 134 Å². The lowest BCUT2D eigenvalue weighted by Gasteiger charge is -2.22. The number of hydrogen-bond donors (Lipinski definition) is 1. The van der Waals surface area contributed by atoms with Gasteiger partial charge in [0.05, 0.1) is 20.3 Å². The first kappa shape index (κ1) is 16.0. The van der Waals surface area contributed by atoms with Crippen LogP contribution in [0.1, 0.15) is 17.2 Å². The molecule has 0 bridgehead atoms. The molecule has 21 heavy (non-hydrogen) atoms. The fraction of sp³-hybridized carbons (Fsp3) is 0.250. The van der Waals surface area contributed by atoms with E-state index in [1.165, 1.54) is 0 Å². The normalized spacial score (nSPS) is 12.0. The summed E-state index contributed by atoms with van der Waals surface area (Å²) < 4.78 is 10.7. The topological polar surface area (TPSA) is 30.5 Å². The van der Waals surface area contributed by atoms with Crippen molar-refractivity contribution in [1.29, 1.82) is 0 Å². The van der Waals surface area contributed by atoms with Gasteiger partial charge in [0.25, 0.3) is 0 Å². The molecule has 0 radical (unpaired) electrons. The molecule has 0 saturated carbocycles. The minimum absolute atomic E-state index is 0.198. The zero-order valence-corrected chi connectivity index (χ0v) is 13.6. The van der Waals surface area contributed by atoms with E-state index in [1.54, 1.807) is 14.2 Å². The number of ether oxygens (including phenoxy) is 2. The lowest BCUT2D eigenvalue weighted by atomic mass is 9.97. The first-order valence-corrected chi connectivity index (χ1v) is 7.21. The van der Waals surface area contributed by atoms with Crippen molar-refractivity contribution in [3.8, 4) is 11.5 Å². The molecule has 112 valence electrons. The van der Waals surface area contributed by atoms with E-state index in [0.29, 0.717) is 10.0 Å². The van der Waals surface area contributed by atoms with Crippen molar-refractivity contribution in [3.63, 3.8) is 0 Å². The highest BCUT2D eigenvalue weighted by molar-refractivity contribution is 6.36. The standard InChI is InChI=1S/C16H17Cl2NO2/c1-19-16(15-12(17)5-4-6-13(15)18)11-9-10(20-2)7-8-14(11)21-3/h4-9,16,19H,1-3H3. The highest BCUT2D eigenvalue weighted by Gasteiger charge is 2.22. The third kappa shape index (κ3) is 3.26. The summed E-state index contributed by atoms with van der Waals surface area (Å²) in [5.41, 5.74) is 1.73. The van der Waals surface area contributed by atoms with Crippen LogP contribution in [0.5, 0.6) is 11.5 Å². The van der Waals surface area contributed by atoms with Crippen LogP contribution in [0.2, 0.25) is 10.0 Å². The van der Waals surface area contributed by atoms with E-state index in [2.05, 4.69) is 5.32 Å². The van der Waals surface area contributed by atoms with Gasteiger partial charge in [-0.2, -0.15) is 0 Å². The van der Waals surface area contributed by atoms with E-state index < -0.39 is 0 Å². The van der Waals surface area contributed by atoms with Gasteiger partial charge in [0.1, 0.15) is 11.5 Å². The third-order valence-corrected chi connectivity index (χ3v) is 3.98. The molecule has 0 aliphatic rings. The molecule has 0 heterocycles. The summed E-state index contributed by atoms with van der Waals surface area (Å²) in [5.74, 6) is 1.49. The molecule has 2 aromatic rings. The van der Waals surface area contributed by atoms with Gasteiger partial charge >= 0.3 is 0 Å². The maximum Gasteiger partial charge on any atom is 0.124 e. The Hall–Kier alpha value is -1.42. The number of hydrogen-bond acceptors (Lipinski definition) is 3. The average Bonchev–Trinajstić information content (AvgIpc) is 2.50. The van der Waals surface area contributed by atoms with Gasteiger partial charge in [-0.1, -0.05) is 29.3 Å². The van der Waals surface area contributed by atoms with E-state index in [4.69, 9.17) is 32.7 Å². The van der Waals surface area contributed by atoms with Crippen molar-refractivity contribution in [2.45, 2.75) is 6.04 Å². The van der Waals surface area contributed by atoms with Gasteiger partial charge in [-0.25, -0.2) is 0 Å². The predicted octanol–water partition coefficient (Wildman–Crippen LogP) is 4.32. The van der Waals surface area contributed by atoms with E-state index in [1.807, 2.05) is 43.4 Å². The van der Waals surface area contributed by atoms with Crippen LogP contribution in [0.15, 0.2) is 36.4 Å². The molecule has 2 aromatic carbocycles. The second kappa shape index (κ2) is 7.03. The molecule has 2 rings (SSSR count). The quantitative estimate of drug-likeness (QED) is 0.888. The van der Waals surface area contributed by atoms with E-state index in [9.17, 15) is 0 Å². The van der Waals surface area contributed by atoms with Crippen LogP contribution in [0, 0.1) is 0 Å². The van der Waals surface area contributed by atoms with Crippen molar-refractivity contribution in [3.05, 3.63) is 57.6 Å². The number of rotatable bonds is 5. The van der Waals surface area contributed by atoms with Crippen LogP contribution >= 0.6 is 23.2 Å². The highest BCUT2D eigenvalue weighted by atomic mass is 35.5. The van der Waals surface area contributed by atoms with E-state index >= 15 is 0 Å². The number of benzene rings is 2. The van der Waals surface area contributed by atoms with Gasteiger partial charge in [-0.3, -0.25) is 0 Å². The van der Waals surface area contributed by atoms with Gasteiger partial charge in [0, 0.05) is 21.2 Å². The van der Waals surface area contributed by atoms with Crippen LogP contribution in [-0.4, -0.2) is 21.3 Å². The van der Waals surface area contributed by atoms with Gasteiger partial charge in [-0.05, 0) is 37.4 Å². The predicted molar refractivity (Wildman–Crippen MR) is 86.9 cm³/mol. The van der Waals surface area contributed by atoms with Crippen molar-refractivity contribution in [1.82, 2.24) is 5.32 Å². The molecule has 1 atom stereocenters. The second-order valence-corrected chi connectivity index (χ2v) is 5.28. The van der Waals surface area contributed by atoms with Crippen LogP contribution in [-0.2, 0) is 0 Å². The Kier molecular flexibility index (Phi) is 5.34. The van der Waals surface area contributed by atoms with Crippen LogP contribution < -0.4 is 14.8 Å². The molecule has 0 aliphatic carbocycles. The maximum absolute atomic E-state index is 6.33. The van der Waals surface area contributed by atoms with Crippen LogP contribution in [0.3, 0.4) is 0 Å². The summed E-state index contributed by atoms with van der Waals surface area (Å²) in [5, 5.41) is 4.44. The number of nitrogens with one attached hydrogen (secondary N) is 1. The minimum atomic E-state index is -0.198. The molecule has 5 heteroatoms. The van der Waals surface area contributed by atoms with Gasteiger partial charge < -0.3 is 14.8 Å². The summed E-state index contributed by atoms with van der Waals surface area (Å²) in [6.45, 7) is 0. The van der Waals surface area contributed by atoms with Crippen molar-refractivity contribution in [2.24, 2.45) is 0 Å². The van der Waals surface area contributed by atoms with E-state index in [-0.39, 0.29) is 6.04 Å². The Morgan fingerprint density at radius 2 is 1.67 bits per heavy atom. The molecule has 0 aromatic heterocycles. The summed E-state index contributed by atoms with van der Waals surface area (Å²) in [4.78, 5) is 0. The molecule has 1 unspecified atom stereocenters. The summed E-state index contributed by atoms with van der Waals surface area (Å²) >= 11 is 12.7. The minimum Gasteiger partial charge on any atom is -0.497 e. The van der Waals surface area contributed by atoms with Gasteiger partial charge in [0.15, 0.2) is 0 Å². The Morgan fingerprint density at radius 3 is 2.19 bits per heavy atom. The molecule has 0 fully saturated rings. The third-order valence-electron chi connectivity index (χ3n) is 3.32. The first-order valence-electron chi connectivity index (χ1n) is 6.45. The lowest BCUT2D eigenvalue weighted by Crippen LogP contribution is -2.19. The summed E-state index contributed by atoms with van der Waals surface area (Å²) in [6, 6.07) is 10.9. The Morgan fingerprint density at radius 1 is 1.00 bits per heavy atom. The molecular weight excluding hydrogens is 309 g/mol. The monoisotopic (exact) mass is 325 g/mol. The lowest BCUT2D eigenvalue weighted by molar-refractivity contribution is 0.395. The van der Waals surface area contributed by atoms with E-state index in [0.717, 1.165) is 22.6 Å². The summed E-state index contributed by atoms with van der Waals surface area (Å²) in [6.07, 6.45) is 0. The van der Waals surface area contributed by atoms with Crippen LogP contribution in [0.25, 0.3) is 0 Å². The maximum atomic E-state index is 6.33. The van der Waals surface area contributed by atoms with Crippen LogP contribution in [0.4, 0.5) is 0 Å². The highest BCUT2D eigenvalue weighted by Crippen LogP contribution is 2.38. The molecule has 0 saturated heterocycles. The average molecular weight is 326 g/mol. The molecular formula is C16H17Cl2NO2. The van der Waals surface area contributed by atoms with Crippen molar-refractivity contribution in [2.75, 3.05) is 21.3 Å². The molecule has 0 aliphatic heterocycles. The Balaban J connectivity index is 2.61. The zero-order valence-electron chi connectivity index (χ0n) is 12.1. The largest absolute Gasteiger partial charge is 0.497 e.